The van der Waals surface area contributed by atoms with E-state index in [9.17, 15) is 18.0 Å². The van der Waals surface area contributed by atoms with Gasteiger partial charge < -0.3 is 5.32 Å². The third-order valence-electron chi connectivity index (χ3n) is 4.32. The van der Waals surface area contributed by atoms with E-state index in [1.807, 2.05) is 11.0 Å². The Morgan fingerprint density at radius 3 is 2.41 bits per heavy atom. The van der Waals surface area contributed by atoms with Gasteiger partial charge in [0.05, 0.1) is 12.2 Å². The molecule has 0 aliphatic carbocycles. The molecule has 1 aromatic heterocycles. The first kappa shape index (κ1) is 20.6. The van der Waals surface area contributed by atoms with Crippen molar-refractivity contribution in [1.29, 1.82) is 0 Å². The Balaban J connectivity index is 1.43. The Kier molecular flexibility index (Phi) is 6.66. The number of aryl methyl sites for hydroxylation is 1. The van der Waals surface area contributed by atoms with E-state index >= 15 is 0 Å². The first-order valence-corrected chi connectivity index (χ1v) is 9.14. The summed E-state index contributed by atoms with van der Waals surface area (Å²) in [4.78, 5) is 13.8. The van der Waals surface area contributed by atoms with Crippen molar-refractivity contribution in [2.24, 2.45) is 0 Å². The fourth-order valence-corrected chi connectivity index (χ4v) is 2.95. The lowest BCUT2D eigenvalue weighted by atomic mass is 10.1. The molecule has 3 rings (SSSR count). The Labute approximate surface area is 166 Å². The summed E-state index contributed by atoms with van der Waals surface area (Å²) >= 11 is 0. The maximum atomic E-state index is 13.2. The van der Waals surface area contributed by atoms with Gasteiger partial charge in [-0.1, -0.05) is 0 Å². The van der Waals surface area contributed by atoms with Gasteiger partial charge >= 0.3 is 0 Å². The van der Waals surface area contributed by atoms with Crippen LogP contribution in [0.5, 0.6) is 0 Å². The van der Waals surface area contributed by atoms with Crippen LogP contribution < -0.4 is 5.32 Å². The van der Waals surface area contributed by atoms with Gasteiger partial charge in [-0.3, -0.25) is 14.8 Å². The standard InChI is InChI=1S/C21H21F3N4O/c1-28(13-21(29)25-19-10-16(23)9-17(24)11-19)8-2-3-18-12-20(27-26-18)14-4-6-15(22)7-5-14/h4-7,9-12H,2-3,8,13H2,1H3,(H,25,29)(H,26,27). The highest BCUT2D eigenvalue weighted by Gasteiger charge is 2.10. The van der Waals surface area contributed by atoms with Crippen LogP contribution in [-0.2, 0) is 11.2 Å². The molecule has 0 bridgehead atoms. The Morgan fingerprint density at radius 1 is 1.03 bits per heavy atom. The second-order valence-corrected chi connectivity index (χ2v) is 6.83. The van der Waals surface area contributed by atoms with E-state index in [1.165, 1.54) is 12.1 Å². The SMILES string of the molecule is CN(CCCc1cc(-c2ccc(F)cc2)n[nH]1)CC(=O)Nc1cc(F)cc(F)c1. The molecule has 2 N–H and O–H groups in total. The largest absolute Gasteiger partial charge is 0.325 e. The van der Waals surface area contributed by atoms with Gasteiger partial charge in [0.2, 0.25) is 5.91 Å². The zero-order valence-corrected chi connectivity index (χ0v) is 15.9. The molecule has 2 aromatic carbocycles. The summed E-state index contributed by atoms with van der Waals surface area (Å²) in [6.45, 7) is 0.748. The fourth-order valence-electron chi connectivity index (χ4n) is 2.95. The molecule has 0 saturated heterocycles. The second kappa shape index (κ2) is 9.38. The molecule has 0 saturated carbocycles. The predicted octanol–water partition coefficient (Wildman–Crippen LogP) is 4.00. The van der Waals surface area contributed by atoms with Crippen LogP contribution in [0.2, 0.25) is 0 Å². The second-order valence-electron chi connectivity index (χ2n) is 6.83. The van der Waals surface area contributed by atoms with Crippen LogP contribution in [-0.4, -0.2) is 41.1 Å². The van der Waals surface area contributed by atoms with Gasteiger partial charge in [0, 0.05) is 23.0 Å². The Hall–Kier alpha value is -3.13. The predicted molar refractivity (Wildman–Crippen MR) is 105 cm³/mol. The number of hydrogen-bond donors (Lipinski definition) is 2. The van der Waals surface area contributed by atoms with Gasteiger partial charge in [0.15, 0.2) is 0 Å². The fraction of sp³-hybridized carbons (Fsp3) is 0.238. The highest BCUT2D eigenvalue weighted by molar-refractivity contribution is 5.92. The maximum Gasteiger partial charge on any atom is 0.238 e. The summed E-state index contributed by atoms with van der Waals surface area (Å²) in [5.74, 6) is -2.13. The number of rotatable bonds is 8. The zero-order chi connectivity index (χ0) is 20.8. The molecule has 3 aromatic rings. The van der Waals surface area contributed by atoms with Crippen molar-refractivity contribution in [2.75, 3.05) is 25.5 Å². The number of likely N-dealkylation sites (N-methyl/N-ethyl adjacent to an activating group) is 1. The first-order valence-electron chi connectivity index (χ1n) is 9.14. The number of aromatic amines is 1. The highest BCUT2D eigenvalue weighted by atomic mass is 19.1. The molecule has 29 heavy (non-hydrogen) atoms. The molecule has 1 heterocycles. The minimum absolute atomic E-state index is 0.0895. The average Bonchev–Trinajstić information content (AvgIpc) is 3.10. The van der Waals surface area contributed by atoms with Gasteiger partial charge in [-0.05, 0) is 68.9 Å². The highest BCUT2D eigenvalue weighted by Crippen LogP contribution is 2.18. The summed E-state index contributed by atoms with van der Waals surface area (Å²) in [5, 5.41) is 9.69. The topological polar surface area (TPSA) is 61.0 Å². The molecule has 0 radical (unpaired) electrons. The van der Waals surface area contributed by atoms with Gasteiger partial charge in [-0.15, -0.1) is 0 Å². The van der Waals surface area contributed by atoms with Crippen LogP contribution in [0.3, 0.4) is 0 Å². The van der Waals surface area contributed by atoms with Crippen molar-refractivity contribution in [3.63, 3.8) is 0 Å². The number of carbonyl (C=O) groups is 1. The van der Waals surface area contributed by atoms with E-state index in [-0.39, 0.29) is 24.0 Å². The molecule has 0 atom stereocenters. The maximum absolute atomic E-state index is 13.2. The zero-order valence-electron chi connectivity index (χ0n) is 15.9. The van der Waals surface area contributed by atoms with Crippen molar-refractivity contribution in [2.45, 2.75) is 12.8 Å². The quantitative estimate of drug-likeness (QED) is 0.599. The number of nitrogens with zero attached hydrogens (tertiary/aromatic N) is 2. The number of H-pyrrole nitrogens is 1. The number of nitrogens with one attached hydrogen (secondary N) is 2. The normalized spacial score (nSPS) is 11.1. The van der Waals surface area contributed by atoms with Crippen LogP contribution in [0.4, 0.5) is 18.9 Å². The third-order valence-corrected chi connectivity index (χ3v) is 4.32. The van der Waals surface area contributed by atoms with Gasteiger partial charge in [-0.2, -0.15) is 5.10 Å². The number of anilines is 1. The molecule has 0 aliphatic heterocycles. The van der Waals surface area contributed by atoms with E-state index in [4.69, 9.17) is 0 Å². The Bertz CT molecular complexity index is 952. The lowest BCUT2D eigenvalue weighted by Crippen LogP contribution is -2.31. The molecule has 0 spiro atoms. The van der Waals surface area contributed by atoms with Gasteiger partial charge in [0.1, 0.15) is 17.5 Å². The lowest BCUT2D eigenvalue weighted by molar-refractivity contribution is -0.117. The molecule has 8 heteroatoms. The molecule has 0 unspecified atom stereocenters. The summed E-state index contributed by atoms with van der Waals surface area (Å²) in [5.41, 5.74) is 2.61. The van der Waals surface area contributed by atoms with Gasteiger partial charge in [0.25, 0.3) is 0 Å². The summed E-state index contributed by atoms with van der Waals surface area (Å²) < 4.78 is 39.3. The average molecular weight is 402 g/mol. The molecule has 1 amide bonds. The number of hydrogen-bond acceptors (Lipinski definition) is 3. The minimum atomic E-state index is -0.742. The van der Waals surface area contributed by atoms with Crippen LogP contribution in [0.15, 0.2) is 48.5 Å². The van der Waals surface area contributed by atoms with Crippen molar-refractivity contribution in [3.8, 4) is 11.3 Å². The Morgan fingerprint density at radius 2 is 1.72 bits per heavy atom. The van der Waals surface area contributed by atoms with Crippen LogP contribution in [0.1, 0.15) is 12.1 Å². The van der Waals surface area contributed by atoms with Crippen LogP contribution >= 0.6 is 0 Å². The van der Waals surface area contributed by atoms with Crippen molar-refractivity contribution < 1.29 is 18.0 Å². The molecular formula is C21H21F3N4O. The molecular weight excluding hydrogens is 381 g/mol. The van der Waals surface area contributed by atoms with Crippen molar-refractivity contribution in [1.82, 2.24) is 15.1 Å². The van der Waals surface area contributed by atoms with Crippen molar-refractivity contribution in [3.05, 3.63) is 71.7 Å². The van der Waals surface area contributed by atoms with E-state index in [1.54, 1.807) is 19.2 Å². The van der Waals surface area contributed by atoms with E-state index in [0.29, 0.717) is 6.54 Å². The minimum Gasteiger partial charge on any atom is -0.325 e. The first-order chi connectivity index (χ1) is 13.9. The monoisotopic (exact) mass is 402 g/mol. The number of benzene rings is 2. The van der Waals surface area contributed by atoms with E-state index in [0.717, 1.165) is 48.0 Å². The third kappa shape index (κ3) is 6.18. The van der Waals surface area contributed by atoms with Crippen molar-refractivity contribution >= 4 is 11.6 Å². The van der Waals surface area contributed by atoms with E-state index in [2.05, 4.69) is 15.5 Å². The number of halogens is 3. The summed E-state index contributed by atoms with van der Waals surface area (Å²) in [6, 6.07) is 10.9. The molecule has 0 fully saturated rings. The van der Waals surface area contributed by atoms with Crippen LogP contribution in [0.25, 0.3) is 11.3 Å². The molecule has 0 aliphatic rings. The molecule has 5 nitrogen and oxygen atoms in total. The van der Waals surface area contributed by atoms with Gasteiger partial charge in [-0.25, -0.2) is 13.2 Å². The molecule has 152 valence electrons. The number of carbonyl (C=O) groups excluding carboxylic acids is 1. The number of amides is 1. The van der Waals surface area contributed by atoms with Crippen LogP contribution in [0, 0.1) is 17.5 Å². The lowest BCUT2D eigenvalue weighted by Gasteiger charge is -2.16. The smallest absolute Gasteiger partial charge is 0.238 e. The summed E-state index contributed by atoms with van der Waals surface area (Å²) in [6.07, 6.45) is 1.51. The number of aromatic nitrogens is 2. The summed E-state index contributed by atoms with van der Waals surface area (Å²) in [7, 11) is 1.79. The van der Waals surface area contributed by atoms with E-state index < -0.39 is 11.6 Å².